The molecule has 1 unspecified atom stereocenters. The molecule has 0 saturated carbocycles. The molecule has 1 aliphatic rings. The molecule has 4 rings (SSSR count). The second-order valence-electron chi connectivity index (χ2n) is 9.76. The van der Waals surface area contributed by atoms with Gasteiger partial charge in [-0.3, -0.25) is 24.2 Å². The SMILES string of the molecule is CCCN(CCCN1C(=O)c2ccccc2C1=O)C(CC)NCCCCc1ccc2c(c1)sc(=O)n2C. The third-order valence-corrected chi connectivity index (χ3v) is 8.17. The number of imide groups is 1. The van der Waals surface area contributed by atoms with E-state index < -0.39 is 0 Å². The molecule has 0 spiro atoms. The van der Waals surface area contributed by atoms with Crippen LogP contribution < -0.4 is 10.2 Å². The van der Waals surface area contributed by atoms with Gasteiger partial charge in [0.1, 0.15) is 0 Å². The normalized spacial score (nSPS) is 14.2. The van der Waals surface area contributed by atoms with Crippen LogP contribution in [0.15, 0.2) is 47.3 Å². The maximum Gasteiger partial charge on any atom is 0.307 e. The average molecular weight is 523 g/mol. The Kier molecular flexibility index (Phi) is 9.29. The van der Waals surface area contributed by atoms with Crippen molar-refractivity contribution in [1.29, 1.82) is 0 Å². The summed E-state index contributed by atoms with van der Waals surface area (Å²) in [5.74, 6) is -0.346. The van der Waals surface area contributed by atoms with Gasteiger partial charge in [-0.2, -0.15) is 0 Å². The number of hydrogen-bond donors (Lipinski definition) is 1. The number of aryl methyl sites for hydroxylation is 2. The van der Waals surface area contributed by atoms with E-state index in [4.69, 9.17) is 0 Å². The van der Waals surface area contributed by atoms with Gasteiger partial charge in [-0.1, -0.05) is 43.4 Å². The number of benzene rings is 2. The Morgan fingerprint density at radius 3 is 2.35 bits per heavy atom. The molecule has 0 saturated heterocycles. The predicted molar refractivity (Wildman–Crippen MR) is 150 cm³/mol. The number of thiazole rings is 1. The molecule has 0 aliphatic carbocycles. The van der Waals surface area contributed by atoms with Crippen molar-refractivity contribution in [2.75, 3.05) is 26.2 Å². The van der Waals surface area contributed by atoms with Gasteiger partial charge in [0.2, 0.25) is 0 Å². The second-order valence-corrected chi connectivity index (χ2v) is 10.8. The van der Waals surface area contributed by atoms with Gasteiger partial charge in [-0.25, -0.2) is 0 Å². The highest BCUT2D eigenvalue weighted by Gasteiger charge is 2.34. The van der Waals surface area contributed by atoms with Crippen LogP contribution in [0.3, 0.4) is 0 Å². The largest absolute Gasteiger partial charge is 0.307 e. The first-order valence-electron chi connectivity index (χ1n) is 13.5. The Labute approximate surface area is 223 Å². The topological polar surface area (TPSA) is 74.7 Å². The molecule has 7 nitrogen and oxygen atoms in total. The fraction of sp³-hybridized carbons (Fsp3) is 0.483. The molecular formula is C29H38N4O3S. The van der Waals surface area contributed by atoms with Crippen molar-refractivity contribution in [2.24, 2.45) is 7.05 Å². The molecule has 2 heterocycles. The van der Waals surface area contributed by atoms with E-state index in [0.717, 1.165) is 68.4 Å². The summed E-state index contributed by atoms with van der Waals surface area (Å²) in [6.45, 7) is 7.59. The minimum Gasteiger partial charge on any atom is -0.302 e. The van der Waals surface area contributed by atoms with E-state index in [-0.39, 0.29) is 22.9 Å². The van der Waals surface area contributed by atoms with Crippen LogP contribution in [0.25, 0.3) is 10.2 Å². The molecule has 2 aromatic carbocycles. The van der Waals surface area contributed by atoms with Gasteiger partial charge in [-0.05, 0) is 81.4 Å². The fourth-order valence-corrected chi connectivity index (χ4v) is 6.12. The maximum atomic E-state index is 12.6. The Bertz CT molecular complexity index is 1260. The fourth-order valence-electron chi connectivity index (χ4n) is 5.17. The van der Waals surface area contributed by atoms with Crippen molar-refractivity contribution >= 4 is 33.4 Å². The first kappa shape index (κ1) is 27.2. The first-order valence-corrected chi connectivity index (χ1v) is 14.3. The lowest BCUT2D eigenvalue weighted by molar-refractivity contribution is 0.0641. The number of amides is 2. The second kappa shape index (κ2) is 12.6. The van der Waals surface area contributed by atoms with Crippen LogP contribution in [0.2, 0.25) is 0 Å². The van der Waals surface area contributed by atoms with E-state index in [1.165, 1.54) is 21.8 Å². The van der Waals surface area contributed by atoms with Crippen molar-refractivity contribution in [2.45, 2.75) is 58.5 Å². The molecule has 1 aromatic heterocycles. The summed E-state index contributed by atoms with van der Waals surface area (Å²) in [5.41, 5.74) is 3.32. The van der Waals surface area contributed by atoms with Crippen LogP contribution >= 0.6 is 11.3 Å². The van der Waals surface area contributed by atoms with Crippen molar-refractivity contribution < 1.29 is 9.59 Å². The van der Waals surface area contributed by atoms with Crippen LogP contribution in [-0.4, -0.2) is 58.5 Å². The monoisotopic (exact) mass is 522 g/mol. The molecule has 3 aromatic rings. The van der Waals surface area contributed by atoms with Gasteiger partial charge >= 0.3 is 4.87 Å². The van der Waals surface area contributed by atoms with E-state index in [1.807, 2.05) is 7.05 Å². The lowest BCUT2D eigenvalue weighted by Gasteiger charge is -2.32. The number of nitrogens with one attached hydrogen (secondary N) is 1. The molecule has 1 atom stereocenters. The number of nitrogens with zero attached hydrogens (tertiary/aromatic N) is 3. The van der Waals surface area contributed by atoms with E-state index in [0.29, 0.717) is 17.7 Å². The molecule has 198 valence electrons. The number of unbranched alkanes of at least 4 members (excludes halogenated alkanes) is 1. The number of carbonyl (C=O) groups is 2. The summed E-state index contributed by atoms with van der Waals surface area (Å²) >= 11 is 1.31. The van der Waals surface area contributed by atoms with Gasteiger partial charge in [-0.15, -0.1) is 0 Å². The van der Waals surface area contributed by atoms with E-state index >= 15 is 0 Å². The van der Waals surface area contributed by atoms with Gasteiger partial charge < -0.3 is 9.88 Å². The Hall–Kier alpha value is -2.81. The number of hydrogen-bond acceptors (Lipinski definition) is 6. The quantitative estimate of drug-likeness (QED) is 0.190. The number of fused-ring (bicyclic) bond motifs is 2. The highest BCUT2D eigenvalue weighted by atomic mass is 32.1. The van der Waals surface area contributed by atoms with Crippen molar-refractivity contribution in [1.82, 2.24) is 19.7 Å². The smallest absolute Gasteiger partial charge is 0.302 e. The minimum absolute atomic E-state index is 0.0855. The zero-order valence-corrected chi connectivity index (χ0v) is 23.0. The van der Waals surface area contributed by atoms with Crippen LogP contribution in [0.5, 0.6) is 0 Å². The zero-order valence-electron chi connectivity index (χ0n) is 22.2. The number of rotatable bonds is 14. The van der Waals surface area contributed by atoms with Gasteiger partial charge in [0, 0.05) is 20.1 Å². The molecule has 8 heteroatoms. The van der Waals surface area contributed by atoms with E-state index in [9.17, 15) is 14.4 Å². The van der Waals surface area contributed by atoms with Gasteiger partial charge in [0.05, 0.1) is 27.5 Å². The third kappa shape index (κ3) is 6.20. The minimum atomic E-state index is -0.173. The molecule has 0 fully saturated rings. The average Bonchev–Trinajstić information content (AvgIpc) is 3.32. The van der Waals surface area contributed by atoms with Crippen molar-refractivity contribution in [3.8, 4) is 0 Å². The van der Waals surface area contributed by atoms with Crippen LogP contribution in [-0.2, 0) is 13.5 Å². The molecule has 1 N–H and O–H groups in total. The van der Waals surface area contributed by atoms with Crippen molar-refractivity contribution in [3.05, 3.63) is 68.8 Å². The molecular weight excluding hydrogens is 484 g/mol. The van der Waals surface area contributed by atoms with Crippen LogP contribution in [0.4, 0.5) is 0 Å². The number of carbonyl (C=O) groups excluding carboxylic acids is 2. The summed E-state index contributed by atoms with van der Waals surface area (Å²) in [6.07, 6.45) is 6.26. The molecule has 0 radical (unpaired) electrons. The van der Waals surface area contributed by atoms with Gasteiger partial charge in [0.25, 0.3) is 11.8 Å². The molecule has 37 heavy (non-hydrogen) atoms. The summed E-state index contributed by atoms with van der Waals surface area (Å²) in [6, 6.07) is 13.4. The highest BCUT2D eigenvalue weighted by molar-refractivity contribution is 7.16. The standard InChI is InChI=1S/C29H38N4O3S/c1-4-17-32(18-10-19-33-27(34)22-12-6-7-13-23(22)28(33)35)26(5-2)30-16-9-8-11-21-14-15-24-25(20-21)37-29(36)31(24)3/h6-7,12-15,20,26,30H,4-5,8-11,16-19H2,1-3H3. The highest BCUT2D eigenvalue weighted by Crippen LogP contribution is 2.23. The lowest BCUT2D eigenvalue weighted by Crippen LogP contribution is -2.47. The Balaban J connectivity index is 1.22. The molecule has 2 amide bonds. The van der Waals surface area contributed by atoms with Crippen LogP contribution in [0, 0.1) is 0 Å². The summed E-state index contributed by atoms with van der Waals surface area (Å²) in [4.78, 5) is 41.1. The van der Waals surface area contributed by atoms with E-state index in [1.54, 1.807) is 28.8 Å². The predicted octanol–water partition coefficient (Wildman–Crippen LogP) is 4.65. The summed E-state index contributed by atoms with van der Waals surface area (Å²) in [5, 5.41) is 3.73. The zero-order chi connectivity index (χ0) is 26.4. The summed E-state index contributed by atoms with van der Waals surface area (Å²) < 4.78 is 2.77. The van der Waals surface area contributed by atoms with Crippen molar-refractivity contribution in [3.63, 3.8) is 0 Å². The maximum absolute atomic E-state index is 12.6. The molecule has 1 aliphatic heterocycles. The third-order valence-electron chi connectivity index (χ3n) is 7.17. The number of aromatic nitrogens is 1. The van der Waals surface area contributed by atoms with Gasteiger partial charge in [0.15, 0.2) is 0 Å². The Morgan fingerprint density at radius 2 is 1.68 bits per heavy atom. The van der Waals surface area contributed by atoms with Crippen LogP contribution in [0.1, 0.15) is 72.2 Å². The Morgan fingerprint density at radius 1 is 0.946 bits per heavy atom. The van der Waals surface area contributed by atoms with E-state index in [2.05, 4.69) is 42.3 Å². The summed E-state index contributed by atoms with van der Waals surface area (Å²) in [7, 11) is 1.82. The lowest BCUT2D eigenvalue weighted by atomic mass is 10.1. The first-order chi connectivity index (χ1) is 17.9. The molecule has 0 bridgehead atoms.